The van der Waals surface area contributed by atoms with Crippen LogP contribution in [0, 0.1) is 0 Å². The number of aromatic nitrogens is 5. The van der Waals surface area contributed by atoms with Crippen molar-refractivity contribution < 1.29 is 0 Å². The number of nitrogens with zero attached hydrogens (tertiary/aromatic N) is 6. The Morgan fingerprint density at radius 2 is 1.62 bits per heavy atom. The first-order chi connectivity index (χ1) is 14.9. The monoisotopic (exact) mass is 502 g/mol. The van der Waals surface area contributed by atoms with Crippen molar-refractivity contribution in [2.75, 3.05) is 19.6 Å². The van der Waals surface area contributed by atoms with Crippen molar-refractivity contribution in [2.24, 2.45) is 14.1 Å². The molecule has 3 aromatic heterocycles. The van der Waals surface area contributed by atoms with Crippen molar-refractivity contribution >= 4 is 33.9 Å². The van der Waals surface area contributed by atoms with Crippen molar-refractivity contribution in [3.63, 3.8) is 0 Å². The molecule has 0 saturated heterocycles. The maximum Gasteiger partial charge on any atom is 0.332 e. The first kappa shape index (κ1) is 24.0. The summed E-state index contributed by atoms with van der Waals surface area (Å²) < 4.78 is 6.57. The van der Waals surface area contributed by atoms with Crippen LogP contribution in [0.2, 0.25) is 0 Å². The first-order valence-corrected chi connectivity index (χ1v) is 10.9. The van der Waals surface area contributed by atoms with Crippen molar-refractivity contribution in [1.82, 2.24) is 28.0 Å². The number of likely N-dealkylation sites (N-methyl/N-ethyl adjacent to an activating group) is 1. The van der Waals surface area contributed by atoms with Gasteiger partial charge in [0.25, 0.3) is 5.56 Å². The minimum Gasteiger partial charge on any atom is -0.308 e. The lowest BCUT2D eigenvalue weighted by Crippen LogP contribution is -2.37. The van der Waals surface area contributed by atoms with E-state index in [4.69, 9.17) is 4.98 Å². The topological polar surface area (TPSA) is 69.5 Å². The van der Waals surface area contributed by atoms with E-state index >= 15 is 0 Å². The molecule has 0 amide bonds. The van der Waals surface area contributed by atoms with Gasteiger partial charge in [-0.1, -0.05) is 45.0 Å². The third kappa shape index (κ3) is 3.84. The van der Waals surface area contributed by atoms with Gasteiger partial charge in [-0.2, -0.15) is 4.98 Å². The van der Waals surface area contributed by atoms with Crippen LogP contribution >= 0.6 is 17.0 Å². The number of fused-ring (bicyclic) bond motifs is 3. The van der Waals surface area contributed by atoms with Gasteiger partial charge in [-0.25, -0.2) is 4.79 Å². The fourth-order valence-electron chi connectivity index (χ4n) is 4.16. The zero-order chi connectivity index (χ0) is 22.3. The molecule has 32 heavy (non-hydrogen) atoms. The Bertz CT molecular complexity index is 1360. The van der Waals surface area contributed by atoms with E-state index in [0.717, 1.165) is 48.4 Å². The molecule has 0 N–H and O–H groups in total. The van der Waals surface area contributed by atoms with Gasteiger partial charge in [-0.15, -0.1) is 17.0 Å². The number of hydrogen-bond acceptors (Lipinski definition) is 4. The largest absolute Gasteiger partial charge is 0.332 e. The SMILES string of the molecule is Br.CCc1ccc(-c2cn3c4c(=O)n(C)c(=O)n(C)c4nc3n2CCN(CC)CC)cc1. The Morgan fingerprint density at radius 3 is 2.22 bits per heavy atom. The van der Waals surface area contributed by atoms with Gasteiger partial charge >= 0.3 is 5.69 Å². The average Bonchev–Trinajstić information content (AvgIpc) is 3.33. The fraction of sp³-hybridized carbons (Fsp3) is 0.435. The summed E-state index contributed by atoms with van der Waals surface area (Å²) in [4.78, 5) is 32.4. The molecule has 0 fully saturated rings. The van der Waals surface area contributed by atoms with E-state index in [1.54, 1.807) is 7.05 Å². The number of hydrogen-bond donors (Lipinski definition) is 0. The van der Waals surface area contributed by atoms with Crippen LogP contribution in [-0.2, 0) is 27.1 Å². The Morgan fingerprint density at radius 1 is 0.969 bits per heavy atom. The van der Waals surface area contributed by atoms with Crippen LogP contribution in [0.25, 0.3) is 28.2 Å². The van der Waals surface area contributed by atoms with Gasteiger partial charge in [-0.3, -0.25) is 18.3 Å². The molecular formula is C23H31BrN6O2. The highest BCUT2D eigenvalue weighted by Gasteiger charge is 2.21. The molecule has 9 heteroatoms. The van der Waals surface area contributed by atoms with Gasteiger partial charge in [0.1, 0.15) is 0 Å². The summed E-state index contributed by atoms with van der Waals surface area (Å²) in [6.07, 6.45) is 2.96. The molecule has 4 rings (SSSR count). The summed E-state index contributed by atoms with van der Waals surface area (Å²) in [6, 6.07) is 8.52. The smallest absolute Gasteiger partial charge is 0.308 e. The second kappa shape index (κ2) is 9.46. The summed E-state index contributed by atoms with van der Waals surface area (Å²) in [5.41, 5.74) is 3.50. The van der Waals surface area contributed by atoms with Crippen LogP contribution in [0.4, 0.5) is 0 Å². The molecule has 0 bridgehead atoms. The number of halogens is 1. The van der Waals surface area contributed by atoms with E-state index in [-0.39, 0.29) is 28.2 Å². The standard InChI is InChI=1S/C23H30N6O2.BrH/c1-6-16-9-11-17(12-10-16)18-15-29-19-20(25(4)23(31)26(5)21(19)30)24-22(29)28(18)14-13-27(7-2)8-3;/h9-12,15H,6-8,13-14H2,1-5H3;1H. The molecule has 172 valence electrons. The molecule has 8 nitrogen and oxygen atoms in total. The van der Waals surface area contributed by atoms with E-state index < -0.39 is 0 Å². The van der Waals surface area contributed by atoms with Crippen molar-refractivity contribution in [2.45, 2.75) is 33.7 Å². The molecule has 0 aliphatic carbocycles. The van der Waals surface area contributed by atoms with E-state index in [1.807, 2.05) is 10.6 Å². The highest BCUT2D eigenvalue weighted by Crippen LogP contribution is 2.26. The molecule has 0 atom stereocenters. The van der Waals surface area contributed by atoms with Crippen molar-refractivity contribution in [3.05, 3.63) is 56.9 Å². The molecule has 1 aromatic carbocycles. The minimum absolute atomic E-state index is 0. The van der Waals surface area contributed by atoms with E-state index in [2.05, 4.69) is 54.5 Å². The van der Waals surface area contributed by atoms with Gasteiger partial charge in [-0.05, 0) is 30.6 Å². The number of aryl methyl sites for hydroxylation is 2. The molecule has 3 heterocycles. The van der Waals surface area contributed by atoms with E-state index in [0.29, 0.717) is 16.9 Å². The maximum absolute atomic E-state index is 12.9. The Labute approximate surface area is 197 Å². The quantitative estimate of drug-likeness (QED) is 0.389. The van der Waals surface area contributed by atoms with Gasteiger partial charge < -0.3 is 9.47 Å². The zero-order valence-electron chi connectivity index (χ0n) is 19.3. The van der Waals surface area contributed by atoms with Crippen LogP contribution in [0.5, 0.6) is 0 Å². The lowest BCUT2D eigenvalue weighted by molar-refractivity contribution is 0.292. The predicted octanol–water partition coefficient (Wildman–Crippen LogP) is 2.84. The van der Waals surface area contributed by atoms with Crippen LogP contribution in [0.1, 0.15) is 26.3 Å². The third-order valence-corrected chi connectivity index (χ3v) is 6.25. The highest BCUT2D eigenvalue weighted by molar-refractivity contribution is 8.93. The van der Waals surface area contributed by atoms with Gasteiger partial charge in [0.15, 0.2) is 11.2 Å². The molecule has 0 radical (unpaired) electrons. The second-order valence-corrected chi connectivity index (χ2v) is 7.90. The maximum atomic E-state index is 12.9. The summed E-state index contributed by atoms with van der Waals surface area (Å²) in [6.45, 7) is 10.0. The summed E-state index contributed by atoms with van der Waals surface area (Å²) in [5.74, 6) is 0.676. The number of rotatable bonds is 7. The van der Waals surface area contributed by atoms with E-state index in [1.165, 1.54) is 17.2 Å². The Hall–Kier alpha value is -2.65. The van der Waals surface area contributed by atoms with Gasteiger partial charge in [0.2, 0.25) is 5.78 Å². The second-order valence-electron chi connectivity index (χ2n) is 7.90. The van der Waals surface area contributed by atoms with Gasteiger partial charge in [0, 0.05) is 33.4 Å². The Balaban J connectivity index is 0.00000289. The summed E-state index contributed by atoms with van der Waals surface area (Å²) in [5, 5.41) is 0. The van der Waals surface area contributed by atoms with Crippen molar-refractivity contribution in [3.8, 4) is 11.3 Å². The predicted molar refractivity (Wildman–Crippen MR) is 134 cm³/mol. The molecule has 0 aliphatic heterocycles. The minimum atomic E-state index is -0.372. The lowest BCUT2D eigenvalue weighted by atomic mass is 10.1. The van der Waals surface area contributed by atoms with Crippen LogP contribution in [-0.4, -0.2) is 47.6 Å². The normalized spacial score (nSPS) is 11.6. The zero-order valence-corrected chi connectivity index (χ0v) is 21.0. The van der Waals surface area contributed by atoms with Crippen LogP contribution in [0.15, 0.2) is 40.1 Å². The molecular weight excluding hydrogens is 472 g/mol. The molecule has 0 saturated carbocycles. The summed E-state index contributed by atoms with van der Waals surface area (Å²) >= 11 is 0. The fourth-order valence-corrected chi connectivity index (χ4v) is 4.16. The molecule has 0 unspecified atom stereocenters. The highest BCUT2D eigenvalue weighted by atomic mass is 79.9. The summed E-state index contributed by atoms with van der Waals surface area (Å²) in [7, 11) is 3.16. The van der Waals surface area contributed by atoms with Crippen molar-refractivity contribution in [1.29, 1.82) is 0 Å². The number of imidazole rings is 2. The van der Waals surface area contributed by atoms with Crippen LogP contribution < -0.4 is 11.2 Å². The average molecular weight is 503 g/mol. The molecule has 0 aliphatic rings. The van der Waals surface area contributed by atoms with Crippen LogP contribution in [0.3, 0.4) is 0 Å². The third-order valence-electron chi connectivity index (χ3n) is 6.25. The lowest BCUT2D eigenvalue weighted by Gasteiger charge is -2.19. The Kier molecular flexibility index (Phi) is 7.09. The van der Waals surface area contributed by atoms with Gasteiger partial charge in [0.05, 0.1) is 5.69 Å². The molecule has 0 spiro atoms. The van der Waals surface area contributed by atoms with E-state index in [9.17, 15) is 9.59 Å². The first-order valence-electron chi connectivity index (χ1n) is 10.9. The number of benzene rings is 1. The molecule has 4 aromatic rings.